The molecule has 0 spiro atoms. The van der Waals surface area contributed by atoms with E-state index in [4.69, 9.17) is 12.2 Å². The first-order chi connectivity index (χ1) is 9.97. The van der Waals surface area contributed by atoms with Gasteiger partial charge in [-0.2, -0.15) is 0 Å². The van der Waals surface area contributed by atoms with E-state index in [0.717, 1.165) is 37.3 Å². The Morgan fingerprint density at radius 3 is 2.67 bits per heavy atom. The number of carbonyl (C=O) groups excluding carboxylic acids is 1. The molecule has 21 heavy (non-hydrogen) atoms. The van der Waals surface area contributed by atoms with E-state index in [2.05, 4.69) is 23.6 Å². The predicted molar refractivity (Wildman–Crippen MR) is 87.1 cm³/mol. The van der Waals surface area contributed by atoms with Crippen molar-refractivity contribution in [2.75, 3.05) is 13.1 Å². The summed E-state index contributed by atoms with van der Waals surface area (Å²) in [5.74, 6) is 1.38. The van der Waals surface area contributed by atoms with Gasteiger partial charge in [0.25, 0.3) is 0 Å². The van der Waals surface area contributed by atoms with Gasteiger partial charge in [-0.15, -0.1) is 0 Å². The van der Waals surface area contributed by atoms with Crippen LogP contribution in [0, 0.1) is 11.8 Å². The molecular weight excluding hydrogens is 280 g/mol. The first kappa shape index (κ1) is 14.0. The molecule has 0 aromatic carbocycles. The Morgan fingerprint density at radius 2 is 1.86 bits per heavy atom. The van der Waals surface area contributed by atoms with Gasteiger partial charge >= 0.3 is 0 Å². The monoisotopic (exact) mass is 306 g/mol. The summed E-state index contributed by atoms with van der Waals surface area (Å²) >= 11 is 5.95. The Morgan fingerprint density at radius 1 is 1.10 bits per heavy atom. The molecule has 1 amide bonds. The van der Waals surface area contributed by atoms with E-state index in [1.54, 1.807) is 0 Å². The summed E-state index contributed by atoms with van der Waals surface area (Å²) in [6.45, 7) is 6.79. The lowest BCUT2D eigenvalue weighted by molar-refractivity contribution is -0.155. The van der Waals surface area contributed by atoms with Crippen molar-refractivity contribution in [1.82, 2.24) is 9.80 Å². The number of carbonyl (C=O) groups is 1. The molecule has 0 saturated carbocycles. The molecule has 0 unspecified atom stereocenters. The summed E-state index contributed by atoms with van der Waals surface area (Å²) in [6, 6.07) is 0. The number of fused-ring (bicyclic) bond motifs is 6. The summed E-state index contributed by atoms with van der Waals surface area (Å²) in [7, 11) is 0. The molecule has 0 radical (unpaired) electrons. The number of piperidine rings is 4. The van der Waals surface area contributed by atoms with Crippen LogP contribution in [0.5, 0.6) is 0 Å². The highest BCUT2D eigenvalue weighted by Crippen LogP contribution is 2.53. The van der Waals surface area contributed by atoms with E-state index in [0.29, 0.717) is 17.7 Å². The minimum atomic E-state index is -0.0122. The van der Waals surface area contributed by atoms with Crippen molar-refractivity contribution in [2.24, 2.45) is 11.8 Å². The zero-order valence-electron chi connectivity index (χ0n) is 13.2. The molecular formula is C17H26N2OS. The molecule has 3 nitrogen and oxygen atoms in total. The number of nitrogens with zero attached hydrogens (tertiary/aromatic N) is 2. The minimum absolute atomic E-state index is 0.0122. The standard InChI is InChI=1S/C17H26N2OS/c1-16-7-3-4-9-18(16)15(21)13-10-12(16)11-19-14(20)6-5-8-17(13,19)2/h12-13H,3-11H2,1-2H3/t12-,13-,16-,17+/m0/s1. The molecule has 4 aliphatic heterocycles. The number of rotatable bonds is 0. The summed E-state index contributed by atoms with van der Waals surface area (Å²) in [5, 5.41) is 0. The van der Waals surface area contributed by atoms with E-state index in [-0.39, 0.29) is 11.1 Å². The quantitative estimate of drug-likeness (QED) is 0.643. The molecule has 4 aliphatic rings. The molecule has 4 rings (SSSR count). The van der Waals surface area contributed by atoms with E-state index >= 15 is 0 Å². The summed E-state index contributed by atoms with van der Waals surface area (Å²) in [5.41, 5.74) is 0.187. The Hall–Kier alpha value is -0.640. The number of amides is 1. The van der Waals surface area contributed by atoms with Crippen molar-refractivity contribution >= 4 is 23.1 Å². The third-order valence-electron chi connectivity index (χ3n) is 7.04. The SMILES string of the molecule is C[C@@]12CCCCN1C(=S)[C@@H]1C[C@H]2CN2C(=O)CCC[C@]12C. The van der Waals surface area contributed by atoms with Crippen LogP contribution in [0.3, 0.4) is 0 Å². The molecule has 4 saturated heterocycles. The maximum atomic E-state index is 12.5. The van der Waals surface area contributed by atoms with Gasteiger partial charge in [0, 0.05) is 42.4 Å². The van der Waals surface area contributed by atoms with Gasteiger partial charge in [-0.25, -0.2) is 0 Å². The maximum absolute atomic E-state index is 12.5. The van der Waals surface area contributed by atoms with Crippen LogP contribution in [-0.2, 0) is 4.79 Å². The number of hydrogen-bond acceptors (Lipinski definition) is 2. The lowest BCUT2D eigenvalue weighted by Crippen LogP contribution is -2.74. The van der Waals surface area contributed by atoms with Crippen LogP contribution < -0.4 is 0 Å². The Balaban J connectivity index is 1.76. The van der Waals surface area contributed by atoms with Crippen LogP contribution in [0.2, 0.25) is 0 Å². The van der Waals surface area contributed by atoms with E-state index in [9.17, 15) is 4.79 Å². The fourth-order valence-electron chi connectivity index (χ4n) is 5.59. The fraction of sp³-hybridized carbons (Fsp3) is 0.882. The molecule has 4 atom stereocenters. The molecule has 0 aromatic rings. The highest BCUT2D eigenvalue weighted by Gasteiger charge is 2.59. The largest absolute Gasteiger partial charge is 0.360 e. The second-order valence-corrected chi connectivity index (χ2v) is 8.42. The van der Waals surface area contributed by atoms with E-state index in [1.165, 1.54) is 25.7 Å². The Bertz CT molecular complexity index is 507. The third kappa shape index (κ3) is 1.71. The first-order valence-electron chi connectivity index (χ1n) is 8.59. The fourth-order valence-corrected chi connectivity index (χ4v) is 6.24. The van der Waals surface area contributed by atoms with Gasteiger partial charge in [0.1, 0.15) is 0 Å². The van der Waals surface area contributed by atoms with Gasteiger partial charge in [0.15, 0.2) is 0 Å². The zero-order chi connectivity index (χ0) is 14.8. The average Bonchev–Trinajstić information content (AvgIpc) is 2.45. The third-order valence-corrected chi connectivity index (χ3v) is 7.54. The lowest BCUT2D eigenvalue weighted by Gasteiger charge is -2.65. The van der Waals surface area contributed by atoms with Crippen molar-refractivity contribution in [3.05, 3.63) is 0 Å². The van der Waals surface area contributed by atoms with E-state index < -0.39 is 0 Å². The van der Waals surface area contributed by atoms with Crippen molar-refractivity contribution in [2.45, 2.75) is 69.9 Å². The smallest absolute Gasteiger partial charge is 0.223 e. The van der Waals surface area contributed by atoms with Crippen molar-refractivity contribution in [1.29, 1.82) is 0 Å². The van der Waals surface area contributed by atoms with Crippen LogP contribution >= 0.6 is 12.2 Å². The number of hydrogen-bond donors (Lipinski definition) is 0. The molecule has 0 aromatic heterocycles. The van der Waals surface area contributed by atoms with Gasteiger partial charge in [-0.05, 0) is 52.4 Å². The summed E-state index contributed by atoms with van der Waals surface area (Å²) < 4.78 is 0. The molecule has 0 aliphatic carbocycles. The zero-order valence-corrected chi connectivity index (χ0v) is 14.0. The summed E-state index contributed by atoms with van der Waals surface area (Å²) in [4.78, 5) is 18.5. The molecule has 0 N–H and O–H groups in total. The number of thiocarbonyl (C=S) groups is 1. The molecule has 4 heteroatoms. The van der Waals surface area contributed by atoms with Gasteiger partial charge in [0.2, 0.25) is 5.91 Å². The highest BCUT2D eigenvalue weighted by atomic mass is 32.1. The average molecular weight is 306 g/mol. The Labute approximate surface area is 133 Å². The van der Waals surface area contributed by atoms with Crippen molar-refractivity contribution < 1.29 is 4.79 Å². The predicted octanol–water partition coefficient (Wildman–Crippen LogP) is 2.98. The lowest BCUT2D eigenvalue weighted by atomic mass is 9.60. The van der Waals surface area contributed by atoms with Crippen LogP contribution in [0.1, 0.15) is 58.8 Å². The second-order valence-electron chi connectivity index (χ2n) is 8.00. The molecule has 4 fully saturated rings. The molecule has 2 bridgehead atoms. The van der Waals surface area contributed by atoms with Crippen molar-refractivity contribution in [3.8, 4) is 0 Å². The van der Waals surface area contributed by atoms with Crippen LogP contribution in [-0.4, -0.2) is 44.9 Å². The minimum Gasteiger partial charge on any atom is -0.360 e. The van der Waals surface area contributed by atoms with Crippen LogP contribution in [0.15, 0.2) is 0 Å². The second kappa shape index (κ2) is 4.43. The topological polar surface area (TPSA) is 23.6 Å². The molecule has 4 heterocycles. The highest BCUT2D eigenvalue weighted by molar-refractivity contribution is 7.80. The van der Waals surface area contributed by atoms with E-state index in [1.807, 2.05) is 0 Å². The molecule has 116 valence electrons. The van der Waals surface area contributed by atoms with Gasteiger partial charge in [-0.3, -0.25) is 4.79 Å². The van der Waals surface area contributed by atoms with Gasteiger partial charge in [-0.1, -0.05) is 12.2 Å². The van der Waals surface area contributed by atoms with Crippen LogP contribution in [0.25, 0.3) is 0 Å². The van der Waals surface area contributed by atoms with Gasteiger partial charge in [0.05, 0.1) is 4.99 Å². The van der Waals surface area contributed by atoms with Crippen LogP contribution in [0.4, 0.5) is 0 Å². The maximum Gasteiger partial charge on any atom is 0.223 e. The van der Waals surface area contributed by atoms with Crippen molar-refractivity contribution in [3.63, 3.8) is 0 Å². The summed E-state index contributed by atoms with van der Waals surface area (Å²) in [6.07, 6.45) is 7.92. The first-order valence-corrected chi connectivity index (χ1v) is 8.99. The Kier molecular flexibility index (Phi) is 2.95. The normalized spacial score (nSPS) is 46.2. The van der Waals surface area contributed by atoms with Gasteiger partial charge < -0.3 is 9.80 Å².